The summed E-state index contributed by atoms with van der Waals surface area (Å²) in [6.45, 7) is 6.51. The molecule has 3 nitrogen and oxygen atoms in total. The quantitative estimate of drug-likeness (QED) is 0.752. The molecule has 0 spiro atoms. The van der Waals surface area contributed by atoms with Crippen molar-refractivity contribution in [3.8, 4) is 0 Å². The average Bonchev–Trinajstić information content (AvgIpc) is 2.36. The molecular weight excluding hydrogens is 214 g/mol. The van der Waals surface area contributed by atoms with E-state index in [0.29, 0.717) is 17.9 Å². The van der Waals surface area contributed by atoms with Crippen LogP contribution < -0.4 is 5.32 Å². The molecule has 4 unspecified atom stereocenters. The molecule has 1 aliphatic rings. The molecule has 1 fully saturated rings. The van der Waals surface area contributed by atoms with Crippen molar-refractivity contribution in [2.75, 3.05) is 7.11 Å². The summed E-state index contributed by atoms with van der Waals surface area (Å²) in [5.74, 6) is 0.883. The Balaban J connectivity index is 2.61. The van der Waals surface area contributed by atoms with Gasteiger partial charge in [-0.2, -0.15) is 0 Å². The fraction of sp³-hybridized carbons (Fsp3) is 0.929. The molecule has 1 N–H and O–H groups in total. The molecule has 0 aliphatic heterocycles. The number of ether oxygens (including phenoxy) is 1. The molecule has 100 valence electrons. The molecule has 0 aromatic carbocycles. The van der Waals surface area contributed by atoms with Crippen LogP contribution in [0.4, 0.5) is 0 Å². The van der Waals surface area contributed by atoms with Gasteiger partial charge >= 0.3 is 5.97 Å². The SMILES string of the molecule is CCC(C)C(NC1CCCCC1C)C(=O)OC. The third kappa shape index (κ3) is 3.98. The summed E-state index contributed by atoms with van der Waals surface area (Å²) < 4.78 is 4.91. The highest BCUT2D eigenvalue weighted by atomic mass is 16.5. The van der Waals surface area contributed by atoms with Gasteiger partial charge in [0.15, 0.2) is 0 Å². The van der Waals surface area contributed by atoms with E-state index in [-0.39, 0.29) is 12.0 Å². The van der Waals surface area contributed by atoms with Crippen LogP contribution in [-0.4, -0.2) is 25.2 Å². The van der Waals surface area contributed by atoms with E-state index in [2.05, 4.69) is 26.1 Å². The van der Waals surface area contributed by atoms with E-state index in [1.165, 1.54) is 32.8 Å². The number of carbonyl (C=O) groups is 1. The summed E-state index contributed by atoms with van der Waals surface area (Å²) in [5, 5.41) is 3.53. The number of methoxy groups -OCH3 is 1. The Labute approximate surface area is 105 Å². The Morgan fingerprint density at radius 1 is 1.41 bits per heavy atom. The fourth-order valence-electron chi connectivity index (χ4n) is 2.62. The topological polar surface area (TPSA) is 38.3 Å². The summed E-state index contributed by atoms with van der Waals surface area (Å²) in [4.78, 5) is 11.8. The van der Waals surface area contributed by atoms with Crippen LogP contribution in [-0.2, 0) is 9.53 Å². The molecule has 0 aromatic rings. The fourth-order valence-corrected chi connectivity index (χ4v) is 2.62. The van der Waals surface area contributed by atoms with Crippen molar-refractivity contribution in [1.82, 2.24) is 5.32 Å². The monoisotopic (exact) mass is 241 g/mol. The zero-order valence-electron chi connectivity index (χ0n) is 11.7. The highest BCUT2D eigenvalue weighted by molar-refractivity contribution is 5.76. The lowest BCUT2D eigenvalue weighted by molar-refractivity contribution is -0.145. The first kappa shape index (κ1) is 14.5. The highest BCUT2D eigenvalue weighted by Crippen LogP contribution is 2.25. The summed E-state index contributed by atoms with van der Waals surface area (Å²) in [6, 6.07) is 0.331. The molecule has 0 radical (unpaired) electrons. The van der Waals surface area contributed by atoms with Crippen molar-refractivity contribution in [1.29, 1.82) is 0 Å². The smallest absolute Gasteiger partial charge is 0.323 e. The third-order valence-electron chi connectivity index (χ3n) is 4.17. The Kier molecular flexibility index (Phi) is 5.96. The largest absolute Gasteiger partial charge is 0.468 e. The number of esters is 1. The van der Waals surface area contributed by atoms with Gasteiger partial charge in [0.25, 0.3) is 0 Å². The van der Waals surface area contributed by atoms with Gasteiger partial charge in [0.2, 0.25) is 0 Å². The lowest BCUT2D eigenvalue weighted by atomic mass is 9.84. The lowest BCUT2D eigenvalue weighted by Gasteiger charge is -2.34. The first-order valence-corrected chi connectivity index (χ1v) is 6.94. The summed E-state index contributed by atoms with van der Waals surface area (Å²) in [5.41, 5.74) is 0. The van der Waals surface area contributed by atoms with E-state index in [1.54, 1.807) is 0 Å². The Morgan fingerprint density at radius 3 is 2.59 bits per heavy atom. The molecule has 1 aliphatic carbocycles. The number of hydrogen-bond donors (Lipinski definition) is 1. The average molecular weight is 241 g/mol. The first-order valence-electron chi connectivity index (χ1n) is 6.94. The van der Waals surface area contributed by atoms with Gasteiger partial charge < -0.3 is 10.1 Å². The molecule has 0 amide bonds. The molecule has 0 bridgehead atoms. The maximum absolute atomic E-state index is 11.8. The van der Waals surface area contributed by atoms with Crippen LogP contribution in [0.25, 0.3) is 0 Å². The first-order chi connectivity index (χ1) is 8.10. The van der Waals surface area contributed by atoms with Crippen LogP contribution in [0.3, 0.4) is 0 Å². The van der Waals surface area contributed by atoms with Crippen LogP contribution >= 0.6 is 0 Å². The Bertz CT molecular complexity index is 242. The molecule has 0 saturated heterocycles. The molecule has 1 saturated carbocycles. The van der Waals surface area contributed by atoms with Crippen molar-refractivity contribution in [3.63, 3.8) is 0 Å². The molecule has 1 rings (SSSR count). The molecule has 0 aromatic heterocycles. The van der Waals surface area contributed by atoms with E-state index in [1.807, 2.05) is 0 Å². The predicted molar refractivity (Wildman–Crippen MR) is 69.8 cm³/mol. The zero-order chi connectivity index (χ0) is 12.8. The van der Waals surface area contributed by atoms with Crippen molar-refractivity contribution in [2.45, 2.75) is 65.0 Å². The van der Waals surface area contributed by atoms with Crippen molar-refractivity contribution in [3.05, 3.63) is 0 Å². The van der Waals surface area contributed by atoms with Gasteiger partial charge in [-0.15, -0.1) is 0 Å². The van der Waals surface area contributed by atoms with Crippen LogP contribution in [0.1, 0.15) is 52.9 Å². The van der Waals surface area contributed by atoms with Gasteiger partial charge in [0.05, 0.1) is 7.11 Å². The van der Waals surface area contributed by atoms with E-state index in [9.17, 15) is 4.79 Å². The van der Waals surface area contributed by atoms with Crippen molar-refractivity contribution >= 4 is 5.97 Å². The Hall–Kier alpha value is -0.570. The van der Waals surface area contributed by atoms with E-state index < -0.39 is 0 Å². The van der Waals surface area contributed by atoms with E-state index in [0.717, 1.165) is 6.42 Å². The maximum atomic E-state index is 11.8. The maximum Gasteiger partial charge on any atom is 0.323 e. The van der Waals surface area contributed by atoms with Crippen LogP contribution in [0.2, 0.25) is 0 Å². The summed E-state index contributed by atoms with van der Waals surface area (Å²) >= 11 is 0. The molecular formula is C14H27NO2. The van der Waals surface area contributed by atoms with Gasteiger partial charge in [-0.1, -0.05) is 40.0 Å². The van der Waals surface area contributed by atoms with E-state index >= 15 is 0 Å². The predicted octanol–water partition coefficient (Wildman–Crippen LogP) is 2.74. The van der Waals surface area contributed by atoms with Crippen molar-refractivity contribution in [2.24, 2.45) is 11.8 Å². The molecule has 17 heavy (non-hydrogen) atoms. The van der Waals surface area contributed by atoms with Gasteiger partial charge in [0.1, 0.15) is 6.04 Å². The summed E-state index contributed by atoms with van der Waals surface area (Å²) in [6.07, 6.45) is 6.05. The van der Waals surface area contributed by atoms with Gasteiger partial charge in [0, 0.05) is 6.04 Å². The summed E-state index contributed by atoms with van der Waals surface area (Å²) in [7, 11) is 1.48. The van der Waals surface area contributed by atoms with Gasteiger partial charge in [-0.25, -0.2) is 0 Å². The van der Waals surface area contributed by atoms with Crippen LogP contribution in [0.15, 0.2) is 0 Å². The third-order valence-corrected chi connectivity index (χ3v) is 4.17. The second kappa shape index (κ2) is 7.00. The van der Waals surface area contributed by atoms with Crippen LogP contribution in [0.5, 0.6) is 0 Å². The van der Waals surface area contributed by atoms with Gasteiger partial charge in [-0.3, -0.25) is 4.79 Å². The molecule has 0 heterocycles. The Morgan fingerprint density at radius 2 is 2.06 bits per heavy atom. The highest BCUT2D eigenvalue weighted by Gasteiger charge is 2.30. The normalized spacial score (nSPS) is 28.5. The van der Waals surface area contributed by atoms with Crippen molar-refractivity contribution < 1.29 is 9.53 Å². The second-order valence-electron chi connectivity index (χ2n) is 5.42. The minimum atomic E-state index is -0.143. The van der Waals surface area contributed by atoms with E-state index in [4.69, 9.17) is 4.74 Å². The standard InChI is InChI=1S/C14H27NO2/c1-5-10(2)13(14(16)17-4)15-12-9-7-6-8-11(12)3/h10-13,15H,5-9H2,1-4H3. The molecule has 4 atom stereocenters. The number of rotatable bonds is 5. The minimum absolute atomic E-state index is 0.114. The lowest BCUT2D eigenvalue weighted by Crippen LogP contribution is -2.50. The number of nitrogens with one attached hydrogen (secondary N) is 1. The zero-order valence-corrected chi connectivity index (χ0v) is 11.7. The van der Waals surface area contributed by atoms with Gasteiger partial charge in [-0.05, 0) is 24.7 Å². The number of hydrogen-bond acceptors (Lipinski definition) is 3. The number of carbonyl (C=O) groups excluding carboxylic acids is 1. The molecule has 3 heteroatoms. The van der Waals surface area contributed by atoms with Crippen LogP contribution in [0, 0.1) is 11.8 Å². The second-order valence-corrected chi connectivity index (χ2v) is 5.42. The minimum Gasteiger partial charge on any atom is -0.468 e.